The molecule has 3 rings (SSSR count). The molecule has 2 unspecified atom stereocenters. The van der Waals surface area contributed by atoms with Crippen LogP contribution in [0, 0.1) is 6.92 Å². The highest BCUT2D eigenvalue weighted by Crippen LogP contribution is 2.25. The standard InChI is InChI=1S/C17H23N5O2/c1-12(17-19-13(2)20-24-17)21-8-10-22(11-9-21)15(16(18)23)14-6-4-3-5-7-14/h3-7,12,15H,8-11H2,1-2H3,(H2,18,23). The van der Waals surface area contributed by atoms with Gasteiger partial charge in [-0.25, -0.2) is 0 Å². The number of nitrogens with two attached hydrogens (primary N) is 1. The van der Waals surface area contributed by atoms with Gasteiger partial charge in [0.2, 0.25) is 11.8 Å². The topological polar surface area (TPSA) is 88.5 Å². The SMILES string of the molecule is Cc1noc(C(C)N2CCN(C(C(N)=O)c3ccccc3)CC2)n1. The summed E-state index contributed by atoms with van der Waals surface area (Å²) < 4.78 is 5.27. The molecular weight excluding hydrogens is 306 g/mol. The molecule has 24 heavy (non-hydrogen) atoms. The number of aryl methyl sites for hydroxylation is 1. The van der Waals surface area contributed by atoms with E-state index >= 15 is 0 Å². The number of hydrogen-bond donors (Lipinski definition) is 1. The number of rotatable bonds is 5. The molecule has 7 heteroatoms. The molecule has 7 nitrogen and oxygen atoms in total. The number of nitrogens with zero attached hydrogens (tertiary/aromatic N) is 4. The van der Waals surface area contributed by atoms with E-state index in [9.17, 15) is 4.79 Å². The lowest BCUT2D eigenvalue weighted by Gasteiger charge is -2.39. The van der Waals surface area contributed by atoms with E-state index in [-0.39, 0.29) is 18.0 Å². The van der Waals surface area contributed by atoms with E-state index in [0.717, 1.165) is 31.7 Å². The average Bonchev–Trinajstić information content (AvgIpc) is 3.02. The van der Waals surface area contributed by atoms with E-state index in [1.165, 1.54) is 0 Å². The van der Waals surface area contributed by atoms with Crippen LogP contribution in [0.5, 0.6) is 0 Å². The Kier molecular flexibility index (Phi) is 4.92. The summed E-state index contributed by atoms with van der Waals surface area (Å²) in [6.07, 6.45) is 0. The van der Waals surface area contributed by atoms with Crippen molar-refractivity contribution in [3.63, 3.8) is 0 Å². The van der Waals surface area contributed by atoms with E-state index < -0.39 is 0 Å². The summed E-state index contributed by atoms with van der Waals surface area (Å²) in [6, 6.07) is 9.39. The number of piperazine rings is 1. The van der Waals surface area contributed by atoms with E-state index in [1.807, 2.05) is 37.3 Å². The van der Waals surface area contributed by atoms with E-state index in [4.69, 9.17) is 10.3 Å². The van der Waals surface area contributed by atoms with Crippen molar-refractivity contribution in [2.75, 3.05) is 26.2 Å². The highest BCUT2D eigenvalue weighted by Gasteiger charge is 2.31. The van der Waals surface area contributed by atoms with Crippen molar-refractivity contribution < 1.29 is 9.32 Å². The molecule has 0 aliphatic carbocycles. The predicted molar refractivity (Wildman–Crippen MR) is 89.0 cm³/mol. The van der Waals surface area contributed by atoms with Gasteiger partial charge in [-0.15, -0.1) is 0 Å². The van der Waals surface area contributed by atoms with Gasteiger partial charge in [0.15, 0.2) is 5.82 Å². The molecular formula is C17H23N5O2. The van der Waals surface area contributed by atoms with E-state index in [0.29, 0.717) is 11.7 Å². The number of carbonyl (C=O) groups excluding carboxylic acids is 1. The summed E-state index contributed by atoms with van der Waals surface area (Å²) in [6.45, 7) is 7.04. The van der Waals surface area contributed by atoms with Crippen LogP contribution in [-0.2, 0) is 4.79 Å². The van der Waals surface area contributed by atoms with Crippen molar-refractivity contribution in [2.24, 2.45) is 5.73 Å². The average molecular weight is 329 g/mol. The number of primary amides is 1. The zero-order chi connectivity index (χ0) is 17.1. The summed E-state index contributed by atoms with van der Waals surface area (Å²) in [5.41, 5.74) is 6.60. The third-order valence-corrected chi connectivity index (χ3v) is 4.55. The van der Waals surface area contributed by atoms with Crippen LogP contribution in [0.15, 0.2) is 34.9 Å². The zero-order valence-corrected chi connectivity index (χ0v) is 14.1. The summed E-state index contributed by atoms with van der Waals surface area (Å²) >= 11 is 0. The van der Waals surface area contributed by atoms with Gasteiger partial charge in [0.1, 0.15) is 6.04 Å². The fourth-order valence-electron chi connectivity index (χ4n) is 3.21. The van der Waals surface area contributed by atoms with Gasteiger partial charge < -0.3 is 10.3 Å². The van der Waals surface area contributed by atoms with E-state index in [1.54, 1.807) is 0 Å². The normalized spacial score (nSPS) is 19.1. The second-order valence-corrected chi connectivity index (χ2v) is 6.14. The molecule has 1 aliphatic rings. The lowest BCUT2D eigenvalue weighted by Crippen LogP contribution is -2.50. The van der Waals surface area contributed by atoms with Gasteiger partial charge in [-0.05, 0) is 19.4 Å². The molecule has 1 aliphatic heterocycles. The van der Waals surface area contributed by atoms with Crippen molar-refractivity contribution in [1.29, 1.82) is 0 Å². The van der Waals surface area contributed by atoms with Crippen molar-refractivity contribution in [3.8, 4) is 0 Å². The molecule has 2 heterocycles. The monoisotopic (exact) mass is 329 g/mol. The molecule has 1 aromatic heterocycles. The number of amides is 1. The second-order valence-electron chi connectivity index (χ2n) is 6.14. The smallest absolute Gasteiger partial charge is 0.243 e. The Labute approximate surface area is 141 Å². The quantitative estimate of drug-likeness (QED) is 0.889. The van der Waals surface area contributed by atoms with Crippen molar-refractivity contribution >= 4 is 5.91 Å². The Morgan fingerprint density at radius 1 is 1.17 bits per heavy atom. The summed E-state index contributed by atoms with van der Waals surface area (Å²) in [5.74, 6) is 0.971. The molecule has 1 amide bonds. The lowest BCUT2D eigenvalue weighted by molar-refractivity contribution is -0.124. The molecule has 0 saturated carbocycles. The van der Waals surface area contributed by atoms with Gasteiger partial charge in [0.05, 0.1) is 6.04 Å². The molecule has 0 bridgehead atoms. The van der Waals surface area contributed by atoms with Crippen molar-refractivity contribution in [1.82, 2.24) is 19.9 Å². The number of hydrogen-bond acceptors (Lipinski definition) is 6. The van der Waals surface area contributed by atoms with Crippen LogP contribution < -0.4 is 5.73 Å². The fourth-order valence-corrected chi connectivity index (χ4v) is 3.21. The molecule has 1 aromatic carbocycles. The Hall–Kier alpha value is -2.25. The lowest BCUT2D eigenvalue weighted by atomic mass is 10.0. The Morgan fingerprint density at radius 3 is 2.33 bits per heavy atom. The van der Waals surface area contributed by atoms with Gasteiger partial charge in [-0.1, -0.05) is 35.5 Å². The first-order valence-corrected chi connectivity index (χ1v) is 8.19. The predicted octanol–water partition coefficient (Wildman–Crippen LogP) is 1.28. The molecule has 2 atom stereocenters. The van der Waals surface area contributed by atoms with Gasteiger partial charge in [-0.3, -0.25) is 14.6 Å². The highest BCUT2D eigenvalue weighted by atomic mass is 16.5. The van der Waals surface area contributed by atoms with Crippen LogP contribution in [0.1, 0.15) is 36.3 Å². The van der Waals surface area contributed by atoms with Crippen LogP contribution in [0.2, 0.25) is 0 Å². The van der Waals surface area contributed by atoms with Crippen molar-refractivity contribution in [2.45, 2.75) is 25.9 Å². The molecule has 2 aromatic rings. The highest BCUT2D eigenvalue weighted by molar-refractivity contribution is 5.81. The maximum atomic E-state index is 12.0. The minimum absolute atomic E-state index is 0.0668. The molecule has 2 N–H and O–H groups in total. The van der Waals surface area contributed by atoms with Crippen LogP contribution in [-0.4, -0.2) is 52.0 Å². The first kappa shape index (κ1) is 16.6. The Balaban J connectivity index is 1.66. The molecule has 0 radical (unpaired) electrons. The maximum Gasteiger partial charge on any atom is 0.243 e. The molecule has 128 valence electrons. The van der Waals surface area contributed by atoms with Gasteiger partial charge in [0.25, 0.3) is 0 Å². The fraction of sp³-hybridized carbons (Fsp3) is 0.471. The summed E-state index contributed by atoms with van der Waals surface area (Å²) in [7, 11) is 0. The van der Waals surface area contributed by atoms with Gasteiger partial charge >= 0.3 is 0 Å². The van der Waals surface area contributed by atoms with Gasteiger partial charge in [-0.2, -0.15) is 4.98 Å². The minimum atomic E-state index is -0.380. The van der Waals surface area contributed by atoms with Crippen molar-refractivity contribution in [3.05, 3.63) is 47.6 Å². The number of carbonyl (C=O) groups is 1. The van der Waals surface area contributed by atoms with Crippen LogP contribution in [0.3, 0.4) is 0 Å². The zero-order valence-electron chi connectivity index (χ0n) is 14.1. The summed E-state index contributed by atoms with van der Waals surface area (Å²) in [4.78, 5) is 20.7. The second kappa shape index (κ2) is 7.11. The minimum Gasteiger partial charge on any atom is -0.368 e. The molecule has 0 spiro atoms. The molecule has 1 fully saturated rings. The summed E-state index contributed by atoms with van der Waals surface area (Å²) in [5, 5.41) is 3.85. The number of benzene rings is 1. The maximum absolute atomic E-state index is 12.0. The van der Waals surface area contributed by atoms with E-state index in [2.05, 4.69) is 26.9 Å². The number of aromatic nitrogens is 2. The Morgan fingerprint density at radius 2 is 1.79 bits per heavy atom. The van der Waals surface area contributed by atoms with Crippen LogP contribution in [0.4, 0.5) is 0 Å². The third kappa shape index (κ3) is 3.47. The molecule has 1 saturated heterocycles. The first-order chi connectivity index (χ1) is 11.6. The third-order valence-electron chi connectivity index (χ3n) is 4.55. The van der Waals surface area contributed by atoms with Crippen LogP contribution in [0.25, 0.3) is 0 Å². The first-order valence-electron chi connectivity index (χ1n) is 8.19. The largest absolute Gasteiger partial charge is 0.368 e. The van der Waals surface area contributed by atoms with Gasteiger partial charge in [0, 0.05) is 26.2 Å². The van der Waals surface area contributed by atoms with Crippen LogP contribution >= 0.6 is 0 Å². The Bertz CT molecular complexity index is 679.